The van der Waals surface area contributed by atoms with Gasteiger partial charge in [0.25, 0.3) is 5.91 Å². The summed E-state index contributed by atoms with van der Waals surface area (Å²) in [7, 11) is -4.14. The van der Waals surface area contributed by atoms with E-state index < -0.39 is 26.6 Å². The van der Waals surface area contributed by atoms with Crippen LogP contribution in [0.4, 0.5) is 8.78 Å². The van der Waals surface area contributed by atoms with E-state index in [1.165, 1.54) is 11.0 Å². The van der Waals surface area contributed by atoms with Crippen molar-refractivity contribution in [3.8, 4) is 0 Å². The fourth-order valence-electron chi connectivity index (χ4n) is 3.44. The molecule has 1 saturated heterocycles. The van der Waals surface area contributed by atoms with Crippen molar-refractivity contribution in [3.63, 3.8) is 0 Å². The summed E-state index contributed by atoms with van der Waals surface area (Å²) in [6, 6.07) is 9.12. The molecule has 1 aromatic heterocycles. The van der Waals surface area contributed by atoms with Crippen molar-refractivity contribution in [3.05, 3.63) is 70.9 Å². The van der Waals surface area contributed by atoms with Crippen LogP contribution in [0.1, 0.15) is 10.4 Å². The van der Waals surface area contributed by atoms with Crippen LogP contribution in [0.5, 0.6) is 0 Å². The summed E-state index contributed by atoms with van der Waals surface area (Å²) in [5, 5.41) is 1.12. The monoisotopic (exact) mass is 451 g/mol. The number of nitrogens with zero attached hydrogens (tertiary/aromatic N) is 3. The smallest absolute Gasteiger partial charge is 0.256 e. The van der Waals surface area contributed by atoms with E-state index in [0.717, 1.165) is 21.8 Å². The fraction of sp³-hybridized carbons (Fsp3) is 0.200. The number of carbonyl (C=O) groups excluding carboxylic acids is 1. The van der Waals surface area contributed by atoms with E-state index in [0.29, 0.717) is 22.2 Å². The van der Waals surface area contributed by atoms with Gasteiger partial charge >= 0.3 is 0 Å². The minimum Gasteiger partial charge on any atom is -0.336 e. The number of rotatable bonds is 3. The summed E-state index contributed by atoms with van der Waals surface area (Å²) >= 11 is 6.14. The molecule has 0 saturated carbocycles. The van der Waals surface area contributed by atoms with Crippen molar-refractivity contribution in [2.45, 2.75) is 4.90 Å². The molecule has 2 heterocycles. The highest BCUT2D eigenvalue weighted by molar-refractivity contribution is 7.89. The summed E-state index contributed by atoms with van der Waals surface area (Å²) in [6.45, 7) is 0.192. The van der Waals surface area contributed by atoms with Gasteiger partial charge in [-0.05, 0) is 30.3 Å². The highest BCUT2D eigenvalue weighted by atomic mass is 35.5. The molecule has 30 heavy (non-hydrogen) atoms. The first-order valence-electron chi connectivity index (χ1n) is 9.06. The normalized spacial score (nSPS) is 15.5. The Balaban J connectivity index is 1.54. The number of pyridine rings is 1. The number of hydrogen-bond donors (Lipinski definition) is 0. The van der Waals surface area contributed by atoms with Gasteiger partial charge in [0.05, 0.1) is 11.1 Å². The van der Waals surface area contributed by atoms with Gasteiger partial charge in [0.1, 0.15) is 16.5 Å². The summed E-state index contributed by atoms with van der Waals surface area (Å²) in [5.41, 5.74) is 0.842. The second-order valence-electron chi connectivity index (χ2n) is 6.80. The first-order valence-corrected chi connectivity index (χ1v) is 10.9. The predicted octanol–water partition coefficient (Wildman–Crippen LogP) is 3.31. The van der Waals surface area contributed by atoms with Crippen LogP contribution in [0.2, 0.25) is 5.02 Å². The van der Waals surface area contributed by atoms with Crippen molar-refractivity contribution < 1.29 is 22.0 Å². The highest BCUT2D eigenvalue weighted by Crippen LogP contribution is 2.25. The van der Waals surface area contributed by atoms with Gasteiger partial charge in [-0.25, -0.2) is 17.2 Å². The molecule has 0 spiro atoms. The van der Waals surface area contributed by atoms with Gasteiger partial charge < -0.3 is 4.90 Å². The number of fused-ring (bicyclic) bond motifs is 1. The molecule has 0 bridgehead atoms. The number of benzene rings is 2. The number of carbonyl (C=O) groups is 1. The quantitative estimate of drug-likeness (QED) is 0.612. The molecule has 3 aromatic rings. The van der Waals surface area contributed by atoms with E-state index in [2.05, 4.69) is 4.98 Å². The van der Waals surface area contributed by atoms with Gasteiger partial charge in [0, 0.05) is 48.9 Å². The van der Waals surface area contributed by atoms with Crippen LogP contribution in [0.15, 0.2) is 53.6 Å². The third kappa shape index (κ3) is 3.76. The molecule has 1 aliphatic heterocycles. The maximum atomic E-state index is 14.0. The Morgan fingerprint density at radius 1 is 1.03 bits per heavy atom. The Morgan fingerprint density at radius 2 is 1.77 bits per heavy atom. The van der Waals surface area contributed by atoms with Crippen LogP contribution in [0.3, 0.4) is 0 Å². The Labute approximate surface area is 176 Å². The van der Waals surface area contributed by atoms with Crippen LogP contribution in [0.25, 0.3) is 10.9 Å². The first-order chi connectivity index (χ1) is 14.3. The van der Waals surface area contributed by atoms with Crippen LogP contribution < -0.4 is 0 Å². The minimum atomic E-state index is -4.14. The average molecular weight is 452 g/mol. The van der Waals surface area contributed by atoms with Crippen LogP contribution in [0, 0.1) is 11.6 Å². The zero-order valence-electron chi connectivity index (χ0n) is 15.6. The van der Waals surface area contributed by atoms with Crippen LogP contribution in [-0.2, 0) is 10.0 Å². The number of amides is 1. The standard InChI is InChI=1S/C20H16ClF2N3O3S/c21-14-10-13-2-1-5-24-19(13)16(11-14)20(27)25-6-8-26(9-7-25)30(28,29)18-4-3-15(22)12-17(18)23/h1-5,10-12H,6-9H2. The van der Waals surface area contributed by atoms with E-state index in [1.807, 2.05) is 0 Å². The molecule has 0 atom stereocenters. The van der Waals surface area contributed by atoms with Crippen LogP contribution >= 0.6 is 11.6 Å². The van der Waals surface area contributed by atoms with Crippen molar-refractivity contribution in [1.82, 2.24) is 14.2 Å². The molecule has 0 unspecified atom stereocenters. The van der Waals surface area contributed by atoms with E-state index in [-0.39, 0.29) is 32.1 Å². The molecule has 0 radical (unpaired) electrons. The van der Waals surface area contributed by atoms with Crippen molar-refractivity contribution >= 4 is 38.4 Å². The molecule has 156 valence electrons. The predicted molar refractivity (Wildman–Crippen MR) is 108 cm³/mol. The lowest BCUT2D eigenvalue weighted by Gasteiger charge is -2.34. The summed E-state index contributed by atoms with van der Waals surface area (Å²) in [5.74, 6) is -2.32. The zero-order valence-corrected chi connectivity index (χ0v) is 17.1. The largest absolute Gasteiger partial charge is 0.336 e. The summed E-state index contributed by atoms with van der Waals surface area (Å²) in [4.78, 5) is 18.2. The molecule has 1 fully saturated rings. The second-order valence-corrected chi connectivity index (χ2v) is 9.14. The lowest BCUT2D eigenvalue weighted by molar-refractivity contribution is 0.0699. The Kier molecular flexibility index (Phi) is 5.44. The molecule has 1 aliphatic rings. The molecule has 10 heteroatoms. The molecule has 4 rings (SSSR count). The zero-order chi connectivity index (χ0) is 21.5. The fourth-order valence-corrected chi connectivity index (χ4v) is 5.14. The van der Waals surface area contributed by atoms with Gasteiger partial charge in [-0.2, -0.15) is 4.31 Å². The average Bonchev–Trinajstić information content (AvgIpc) is 2.72. The summed E-state index contributed by atoms with van der Waals surface area (Å²) in [6.07, 6.45) is 1.58. The van der Waals surface area contributed by atoms with Gasteiger partial charge in [0.2, 0.25) is 10.0 Å². The Hall–Kier alpha value is -2.62. The van der Waals surface area contributed by atoms with Gasteiger partial charge in [-0.3, -0.25) is 9.78 Å². The molecular formula is C20H16ClF2N3O3S. The molecule has 6 nitrogen and oxygen atoms in total. The van der Waals surface area contributed by atoms with Crippen molar-refractivity contribution in [1.29, 1.82) is 0 Å². The number of piperazine rings is 1. The molecular weight excluding hydrogens is 436 g/mol. The first kappa shape index (κ1) is 20.6. The maximum absolute atomic E-state index is 14.0. The number of sulfonamides is 1. The van der Waals surface area contributed by atoms with Gasteiger partial charge in [0.15, 0.2) is 0 Å². The lowest BCUT2D eigenvalue weighted by Crippen LogP contribution is -2.50. The number of halogens is 3. The topological polar surface area (TPSA) is 70.6 Å². The van der Waals surface area contributed by atoms with E-state index >= 15 is 0 Å². The third-order valence-corrected chi connectivity index (χ3v) is 7.09. The van der Waals surface area contributed by atoms with E-state index in [9.17, 15) is 22.0 Å². The highest BCUT2D eigenvalue weighted by Gasteiger charge is 2.32. The van der Waals surface area contributed by atoms with Crippen molar-refractivity contribution in [2.24, 2.45) is 0 Å². The number of hydrogen-bond acceptors (Lipinski definition) is 4. The lowest BCUT2D eigenvalue weighted by atomic mass is 10.1. The number of aromatic nitrogens is 1. The second kappa shape index (κ2) is 7.90. The summed E-state index contributed by atoms with van der Waals surface area (Å²) < 4.78 is 53.6. The SMILES string of the molecule is O=C(c1cc(Cl)cc2cccnc12)N1CCN(S(=O)(=O)c2ccc(F)cc2F)CC1. The minimum absolute atomic E-state index is 0.0170. The Bertz CT molecular complexity index is 1250. The van der Waals surface area contributed by atoms with Gasteiger partial charge in [-0.15, -0.1) is 0 Å². The van der Waals surface area contributed by atoms with Crippen LogP contribution in [-0.4, -0.2) is 54.7 Å². The van der Waals surface area contributed by atoms with E-state index in [1.54, 1.807) is 24.4 Å². The van der Waals surface area contributed by atoms with Crippen molar-refractivity contribution in [2.75, 3.05) is 26.2 Å². The third-order valence-electron chi connectivity index (χ3n) is 4.94. The maximum Gasteiger partial charge on any atom is 0.256 e. The molecule has 0 N–H and O–H groups in total. The van der Waals surface area contributed by atoms with E-state index in [4.69, 9.17) is 11.6 Å². The molecule has 1 amide bonds. The molecule has 2 aromatic carbocycles. The van der Waals surface area contributed by atoms with Gasteiger partial charge in [-0.1, -0.05) is 17.7 Å². The molecule has 0 aliphatic carbocycles. The Morgan fingerprint density at radius 3 is 2.47 bits per heavy atom.